The first-order chi connectivity index (χ1) is 16.2. The maximum Gasteiger partial charge on any atom is 0.284 e. The summed E-state index contributed by atoms with van der Waals surface area (Å²) in [5.41, 5.74) is 0.563. The molecule has 2 fully saturated rings. The van der Waals surface area contributed by atoms with Crippen LogP contribution in [0.4, 0.5) is 5.69 Å². The Bertz CT molecular complexity index is 1200. The van der Waals surface area contributed by atoms with Crippen molar-refractivity contribution in [2.75, 3.05) is 5.32 Å². The highest BCUT2D eigenvalue weighted by atomic mass is 35.5. The lowest BCUT2D eigenvalue weighted by Crippen LogP contribution is -2.42. The molecule has 1 saturated heterocycles. The Morgan fingerprint density at radius 1 is 1.00 bits per heavy atom. The first-order valence-electron chi connectivity index (χ1n) is 10.9. The fourth-order valence-electron chi connectivity index (χ4n) is 4.03. The largest absolute Gasteiger partial charge is 0.326 e. The minimum Gasteiger partial charge on any atom is -0.326 e. The standard InChI is InChI=1S/C23H23Cl2N3O4S2/c24-15-6-10-17(11-7-15)26-21(29)14-20-22(30)28(18-4-2-1-3-5-18)23(33-20)27-34(31,32)19-12-8-16(25)9-13-19/h6-13,18,20H,1-5,14H2,(H,26,29)/b27-23+. The van der Waals surface area contributed by atoms with Gasteiger partial charge in [-0.2, -0.15) is 8.42 Å². The molecule has 1 unspecified atom stereocenters. The van der Waals surface area contributed by atoms with E-state index >= 15 is 0 Å². The molecule has 1 atom stereocenters. The van der Waals surface area contributed by atoms with Crippen molar-refractivity contribution in [2.45, 2.75) is 54.7 Å². The number of anilines is 1. The fourth-order valence-corrected chi connectivity index (χ4v) is 6.68. The minimum absolute atomic E-state index is 0.00928. The molecule has 34 heavy (non-hydrogen) atoms. The number of halogens is 2. The molecule has 0 bridgehead atoms. The van der Waals surface area contributed by atoms with Crippen LogP contribution < -0.4 is 5.32 Å². The van der Waals surface area contributed by atoms with Crippen molar-refractivity contribution in [3.8, 4) is 0 Å². The van der Waals surface area contributed by atoms with Crippen LogP contribution in [-0.2, 0) is 19.6 Å². The van der Waals surface area contributed by atoms with Crippen LogP contribution in [0.1, 0.15) is 38.5 Å². The lowest BCUT2D eigenvalue weighted by Gasteiger charge is -2.30. The zero-order valence-electron chi connectivity index (χ0n) is 18.1. The third-order valence-corrected chi connectivity index (χ3v) is 8.77. The Kier molecular flexibility index (Phi) is 7.87. The lowest BCUT2D eigenvalue weighted by molar-refractivity contribution is -0.130. The van der Waals surface area contributed by atoms with Crippen LogP contribution >= 0.6 is 35.0 Å². The van der Waals surface area contributed by atoms with Crippen LogP contribution in [0.15, 0.2) is 57.8 Å². The molecule has 0 radical (unpaired) electrons. The highest BCUT2D eigenvalue weighted by Gasteiger charge is 2.43. The summed E-state index contributed by atoms with van der Waals surface area (Å²) in [5.74, 6) is -0.633. The van der Waals surface area contributed by atoms with Gasteiger partial charge in [0.15, 0.2) is 5.17 Å². The molecule has 4 rings (SSSR count). The Morgan fingerprint density at radius 2 is 1.59 bits per heavy atom. The van der Waals surface area contributed by atoms with Gasteiger partial charge in [-0.15, -0.1) is 4.40 Å². The number of rotatable bonds is 6. The van der Waals surface area contributed by atoms with Gasteiger partial charge in [0.2, 0.25) is 11.8 Å². The summed E-state index contributed by atoms with van der Waals surface area (Å²) in [6.07, 6.45) is 4.44. The molecule has 7 nitrogen and oxygen atoms in total. The zero-order valence-corrected chi connectivity index (χ0v) is 21.3. The van der Waals surface area contributed by atoms with Gasteiger partial charge in [-0.25, -0.2) is 0 Å². The molecular weight excluding hydrogens is 517 g/mol. The van der Waals surface area contributed by atoms with Crippen LogP contribution in [0.25, 0.3) is 0 Å². The molecule has 2 amide bonds. The number of amidine groups is 1. The summed E-state index contributed by atoms with van der Waals surface area (Å²) in [4.78, 5) is 27.4. The molecule has 180 valence electrons. The second kappa shape index (κ2) is 10.7. The predicted octanol–water partition coefficient (Wildman–Crippen LogP) is 5.34. The number of sulfonamides is 1. The Balaban J connectivity index is 1.57. The van der Waals surface area contributed by atoms with E-state index in [1.165, 1.54) is 29.2 Å². The summed E-state index contributed by atoms with van der Waals surface area (Å²) in [6, 6.07) is 12.2. The van der Waals surface area contributed by atoms with Gasteiger partial charge in [-0.3, -0.25) is 14.5 Å². The average Bonchev–Trinajstić information content (AvgIpc) is 3.10. The first-order valence-corrected chi connectivity index (χ1v) is 14.0. The third kappa shape index (κ3) is 5.94. The number of thioether (sulfide) groups is 1. The molecule has 0 spiro atoms. The van der Waals surface area contributed by atoms with Crippen LogP contribution in [0.5, 0.6) is 0 Å². The van der Waals surface area contributed by atoms with Gasteiger partial charge < -0.3 is 5.32 Å². The van der Waals surface area contributed by atoms with Gasteiger partial charge in [-0.05, 0) is 61.4 Å². The number of nitrogens with zero attached hydrogens (tertiary/aromatic N) is 2. The second-order valence-electron chi connectivity index (χ2n) is 8.17. The van der Waals surface area contributed by atoms with E-state index in [-0.39, 0.29) is 34.3 Å². The summed E-state index contributed by atoms with van der Waals surface area (Å²) < 4.78 is 30.0. The van der Waals surface area contributed by atoms with Crippen LogP contribution in [0, 0.1) is 0 Å². The Labute approximate surface area is 213 Å². The number of nitrogens with one attached hydrogen (secondary N) is 1. The van der Waals surface area contributed by atoms with Gasteiger partial charge in [0.25, 0.3) is 10.0 Å². The smallest absolute Gasteiger partial charge is 0.284 e. The predicted molar refractivity (Wildman–Crippen MR) is 136 cm³/mol. The topological polar surface area (TPSA) is 95.9 Å². The normalized spacial score (nSPS) is 20.6. The number of amides is 2. The molecule has 11 heteroatoms. The maximum absolute atomic E-state index is 13.3. The number of hydrogen-bond acceptors (Lipinski definition) is 5. The number of hydrogen-bond donors (Lipinski definition) is 1. The second-order valence-corrected chi connectivity index (χ2v) is 11.8. The molecular formula is C23H23Cl2N3O4S2. The van der Waals surface area contributed by atoms with Crippen LogP contribution in [0.2, 0.25) is 10.0 Å². The van der Waals surface area contributed by atoms with Crippen molar-refractivity contribution in [1.29, 1.82) is 0 Å². The molecule has 1 aliphatic heterocycles. The maximum atomic E-state index is 13.3. The van der Waals surface area contributed by atoms with E-state index in [4.69, 9.17) is 23.2 Å². The molecule has 1 heterocycles. The van der Waals surface area contributed by atoms with E-state index in [2.05, 4.69) is 9.71 Å². The summed E-state index contributed by atoms with van der Waals surface area (Å²) in [7, 11) is -4.06. The van der Waals surface area contributed by atoms with Gasteiger partial charge in [0, 0.05) is 28.2 Å². The third-order valence-electron chi connectivity index (χ3n) is 5.72. The highest BCUT2D eigenvalue weighted by Crippen LogP contribution is 2.36. The molecule has 1 saturated carbocycles. The SMILES string of the molecule is O=C(CC1S/C(=N/S(=O)(=O)c2ccc(Cl)cc2)N(C2CCCCC2)C1=O)Nc1ccc(Cl)cc1. The highest BCUT2D eigenvalue weighted by molar-refractivity contribution is 8.16. The molecule has 1 N–H and O–H groups in total. The van der Waals surface area contributed by atoms with E-state index in [1.807, 2.05) is 0 Å². The number of carbonyl (C=O) groups is 2. The Hall–Kier alpha value is -2.07. The van der Waals surface area contributed by atoms with Crippen molar-refractivity contribution in [2.24, 2.45) is 4.40 Å². The minimum atomic E-state index is -4.06. The van der Waals surface area contributed by atoms with Gasteiger partial charge in [-0.1, -0.05) is 54.2 Å². The fraction of sp³-hybridized carbons (Fsp3) is 0.348. The van der Waals surface area contributed by atoms with Crippen molar-refractivity contribution < 1.29 is 18.0 Å². The Morgan fingerprint density at radius 3 is 2.21 bits per heavy atom. The molecule has 0 aromatic heterocycles. The van der Waals surface area contributed by atoms with Crippen LogP contribution in [-0.4, -0.2) is 41.6 Å². The summed E-state index contributed by atoms with van der Waals surface area (Å²) in [5, 5.41) is 3.07. The van der Waals surface area contributed by atoms with Crippen LogP contribution in [0.3, 0.4) is 0 Å². The van der Waals surface area contributed by atoms with Crippen molar-refractivity contribution in [1.82, 2.24) is 4.90 Å². The zero-order chi connectivity index (χ0) is 24.3. The summed E-state index contributed by atoms with van der Waals surface area (Å²) >= 11 is 12.8. The molecule has 1 aliphatic carbocycles. The molecule has 2 aliphatic rings. The van der Waals surface area contributed by atoms with E-state index < -0.39 is 15.3 Å². The van der Waals surface area contributed by atoms with E-state index in [0.717, 1.165) is 43.9 Å². The molecule has 2 aromatic rings. The summed E-state index contributed by atoms with van der Waals surface area (Å²) in [6.45, 7) is 0. The van der Waals surface area contributed by atoms with Gasteiger partial charge in [0.05, 0.1) is 4.90 Å². The lowest BCUT2D eigenvalue weighted by atomic mass is 9.94. The number of benzene rings is 2. The van der Waals surface area contributed by atoms with Crippen molar-refractivity contribution in [3.05, 3.63) is 58.6 Å². The quantitative estimate of drug-likeness (QED) is 0.534. The number of carbonyl (C=O) groups excluding carboxylic acids is 2. The van der Waals surface area contributed by atoms with Gasteiger partial charge in [0.1, 0.15) is 5.25 Å². The monoisotopic (exact) mass is 539 g/mol. The van der Waals surface area contributed by atoms with E-state index in [1.54, 1.807) is 24.3 Å². The van der Waals surface area contributed by atoms with Crippen molar-refractivity contribution >= 4 is 67.7 Å². The molecule has 2 aromatic carbocycles. The van der Waals surface area contributed by atoms with Crippen molar-refractivity contribution in [3.63, 3.8) is 0 Å². The van der Waals surface area contributed by atoms with E-state index in [9.17, 15) is 18.0 Å². The van der Waals surface area contributed by atoms with Gasteiger partial charge >= 0.3 is 0 Å². The van der Waals surface area contributed by atoms with E-state index in [0.29, 0.717) is 15.7 Å². The first kappa shape index (κ1) is 25.0. The average molecular weight is 540 g/mol.